The van der Waals surface area contributed by atoms with Crippen molar-refractivity contribution in [2.75, 3.05) is 11.9 Å². The van der Waals surface area contributed by atoms with Crippen LogP contribution in [0.1, 0.15) is 16.3 Å². The summed E-state index contributed by atoms with van der Waals surface area (Å²) in [5, 5.41) is 11.2. The number of amides is 1. The van der Waals surface area contributed by atoms with E-state index in [4.69, 9.17) is 14.3 Å². The van der Waals surface area contributed by atoms with Gasteiger partial charge in [-0.05, 0) is 31.2 Å². The molecule has 0 atom stereocenters. The number of para-hydroxylation sites is 2. The molecule has 0 saturated carbocycles. The largest absolute Gasteiger partial charge is 0.480 e. The second-order valence-electron chi connectivity index (χ2n) is 4.04. The topological polar surface area (TPSA) is 88.8 Å². The Labute approximate surface area is 115 Å². The van der Waals surface area contributed by atoms with Gasteiger partial charge in [-0.15, -0.1) is 0 Å². The quantitative estimate of drug-likeness (QED) is 0.874. The number of carbonyl (C=O) groups is 2. The second-order valence-corrected chi connectivity index (χ2v) is 4.04. The number of carboxylic acid groups (broad SMARTS) is 1. The summed E-state index contributed by atoms with van der Waals surface area (Å²) in [6, 6.07) is 9.82. The number of hydrogen-bond donors (Lipinski definition) is 2. The van der Waals surface area contributed by atoms with Crippen molar-refractivity contribution in [3.8, 4) is 5.75 Å². The van der Waals surface area contributed by atoms with Crippen LogP contribution in [0.3, 0.4) is 0 Å². The van der Waals surface area contributed by atoms with Gasteiger partial charge in [-0.25, -0.2) is 4.79 Å². The first-order valence-electron chi connectivity index (χ1n) is 5.87. The molecule has 2 rings (SSSR count). The standard InChI is InChI=1S/C14H13NO5/c1-9-6-7-12(20-9)14(18)15-10-4-2-3-5-11(10)19-8-13(16)17/h2-7H,8H2,1H3,(H,15,18)(H,16,17). The summed E-state index contributed by atoms with van der Waals surface area (Å²) in [6.45, 7) is 1.26. The Hall–Kier alpha value is -2.76. The maximum Gasteiger partial charge on any atom is 0.341 e. The Bertz CT molecular complexity index is 632. The molecule has 1 heterocycles. The summed E-state index contributed by atoms with van der Waals surface area (Å²) in [5.41, 5.74) is 0.382. The Balaban J connectivity index is 2.12. The van der Waals surface area contributed by atoms with E-state index in [1.54, 1.807) is 43.3 Å². The molecule has 104 valence electrons. The Kier molecular flexibility index (Phi) is 4.05. The number of nitrogens with one attached hydrogen (secondary N) is 1. The van der Waals surface area contributed by atoms with E-state index in [1.165, 1.54) is 0 Å². The zero-order valence-corrected chi connectivity index (χ0v) is 10.8. The maximum atomic E-state index is 11.9. The average Bonchev–Trinajstić information content (AvgIpc) is 2.84. The van der Waals surface area contributed by atoms with Crippen LogP contribution < -0.4 is 10.1 Å². The van der Waals surface area contributed by atoms with Crippen molar-refractivity contribution < 1.29 is 23.8 Å². The molecule has 0 saturated heterocycles. The van der Waals surface area contributed by atoms with Crippen molar-refractivity contribution in [3.63, 3.8) is 0 Å². The number of ether oxygens (including phenoxy) is 1. The lowest BCUT2D eigenvalue weighted by Gasteiger charge is -2.10. The smallest absolute Gasteiger partial charge is 0.341 e. The molecule has 1 amide bonds. The van der Waals surface area contributed by atoms with Crippen LogP contribution >= 0.6 is 0 Å². The molecule has 6 nitrogen and oxygen atoms in total. The Morgan fingerprint density at radius 2 is 2.00 bits per heavy atom. The molecule has 0 radical (unpaired) electrons. The minimum Gasteiger partial charge on any atom is -0.480 e. The summed E-state index contributed by atoms with van der Waals surface area (Å²) < 4.78 is 10.3. The van der Waals surface area contributed by atoms with E-state index in [1.807, 2.05) is 0 Å². The van der Waals surface area contributed by atoms with Gasteiger partial charge in [0, 0.05) is 0 Å². The number of hydrogen-bond acceptors (Lipinski definition) is 4. The van der Waals surface area contributed by atoms with E-state index in [9.17, 15) is 9.59 Å². The molecular formula is C14H13NO5. The number of carbonyl (C=O) groups excluding carboxylic acids is 1. The lowest BCUT2D eigenvalue weighted by molar-refractivity contribution is -0.139. The fourth-order valence-electron chi connectivity index (χ4n) is 1.58. The minimum atomic E-state index is -1.09. The molecule has 0 spiro atoms. The number of anilines is 1. The first-order valence-corrected chi connectivity index (χ1v) is 5.87. The van der Waals surface area contributed by atoms with Crippen molar-refractivity contribution in [2.24, 2.45) is 0 Å². The third-order valence-corrected chi connectivity index (χ3v) is 2.45. The van der Waals surface area contributed by atoms with Gasteiger partial charge in [-0.2, -0.15) is 0 Å². The number of aliphatic carboxylic acids is 1. The second kappa shape index (κ2) is 5.92. The van der Waals surface area contributed by atoms with Gasteiger partial charge in [-0.3, -0.25) is 4.79 Å². The van der Waals surface area contributed by atoms with Gasteiger partial charge in [0.05, 0.1) is 5.69 Å². The highest BCUT2D eigenvalue weighted by Gasteiger charge is 2.13. The zero-order chi connectivity index (χ0) is 14.5. The van der Waals surface area contributed by atoms with Crippen molar-refractivity contribution >= 4 is 17.6 Å². The third kappa shape index (κ3) is 3.38. The van der Waals surface area contributed by atoms with Gasteiger partial charge in [0.2, 0.25) is 0 Å². The van der Waals surface area contributed by atoms with E-state index < -0.39 is 18.5 Å². The number of furan rings is 1. The van der Waals surface area contributed by atoms with Crippen molar-refractivity contribution in [1.29, 1.82) is 0 Å². The monoisotopic (exact) mass is 275 g/mol. The van der Waals surface area contributed by atoms with Crippen LogP contribution in [0.2, 0.25) is 0 Å². The van der Waals surface area contributed by atoms with Gasteiger partial charge in [0.15, 0.2) is 12.4 Å². The Morgan fingerprint density at radius 3 is 2.65 bits per heavy atom. The summed E-state index contributed by atoms with van der Waals surface area (Å²) in [7, 11) is 0. The third-order valence-electron chi connectivity index (χ3n) is 2.45. The van der Waals surface area contributed by atoms with Crippen molar-refractivity contribution in [1.82, 2.24) is 0 Å². The SMILES string of the molecule is Cc1ccc(C(=O)Nc2ccccc2OCC(=O)O)o1. The van der Waals surface area contributed by atoms with E-state index in [-0.39, 0.29) is 11.5 Å². The molecule has 6 heteroatoms. The van der Waals surface area contributed by atoms with Gasteiger partial charge in [0.1, 0.15) is 11.5 Å². The molecule has 1 aromatic heterocycles. The highest BCUT2D eigenvalue weighted by Crippen LogP contribution is 2.24. The lowest BCUT2D eigenvalue weighted by atomic mass is 10.3. The van der Waals surface area contributed by atoms with E-state index in [0.29, 0.717) is 11.4 Å². The van der Waals surface area contributed by atoms with E-state index >= 15 is 0 Å². The number of benzene rings is 1. The molecule has 0 aliphatic rings. The minimum absolute atomic E-state index is 0.176. The number of rotatable bonds is 5. The van der Waals surface area contributed by atoms with Crippen LogP contribution in [-0.2, 0) is 4.79 Å². The molecule has 20 heavy (non-hydrogen) atoms. The summed E-state index contributed by atoms with van der Waals surface area (Å²) in [6.07, 6.45) is 0. The molecule has 0 aliphatic carbocycles. The summed E-state index contributed by atoms with van der Waals surface area (Å²) in [5.74, 6) is -0.426. The fraction of sp³-hybridized carbons (Fsp3) is 0.143. The average molecular weight is 275 g/mol. The van der Waals surface area contributed by atoms with E-state index in [2.05, 4.69) is 5.32 Å². The highest BCUT2D eigenvalue weighted by molar-refractivity contribution is 6.03. The molecular weight excluding hydrogens is 262 g/mol. The van der Waals surface area contributed by atoms with Crippen LogP contribution in [0.4, 0.5) is 5.69 Å². The molecule has 0 unspecified atom stereocenters. The van der Waals surface area contributed by atoms with E-state index in [0.717, 1.165) is 0 Å². The lowest BCUT2D eigenvalue weighted by Crippen LogP contribution is -2.14. The van der Waals surface area contributed by atoms with Crippen molar-refractivity contribution in [3.05, 3.63) is 47.9 Å². The zero-order valence-electron chi connectivity index (χ0n) is 10.8. The Morgan fingerprint density at radius 1 is 1.25 bits per heavy atom. The van der Waals surface area contributed by atoms with Gasteiger partial charge in [-0.1, -0.05) is 12.1 Å². The van der Waals surface area contributed by atoms with Crippen LogP contribution in [-0.4, -0.2) is 23.6 Å². The fourth-order valence-corrected chi connectivity index (χ4v) is 1.58. The normalized spacial score (nSPS) is 10.1. The van der Waals surface area contributed by atoms with Gasteiger partial charge < -0.3 is 19.6 Å². The molecule has 1 aromatic carbocycles. The van der Waals surface area contributed by atoms with Crippen LogP contribution in [0.5, 0.6) is 5.75 Å². The first kappa shape index (κ1) is 13.7. The van der Waals surface area contributed by atoms with Crippen LogP contribution in [0, 0.1) is 6.92 Å². The molecule has 2 N–H and O–H groups in total. The summed E-state index contributed by atoms with van der Waals surface area (Å²) >= 11 is 0. The predicted octanol–water partition coefficient (Wildman–Crippen LogP) is 2.30. The molecule has 0 bridgehead atoms. The van der Waals surface area contributed by atoms with Crippen LogP contribution in [0.15, 0.2) is 40.8 Å². The van der Waals surface area contributed by atoms with Gasteiger partial charge >= 0.3 is 5.97 Å². The molecule has 0 fully saturated rings. The van der Waals surface area contributed by atoms with Crippen molar-refractivity contribution in [2.45, 2.75) is 6.92 Å². The van der Waals surface area contributed by atoms with Crippen LogP contribution in [0.25, 0.3) is 0 Å². The predicted molar refractivity (Wildman–Crippen MR) is 71.0 cm³/mol. The maximum absolute atomic E-state index is 11.9. The number of aryl methyl sites for hydroxylation is 1. The van der Waals surface area contributed by atoms with Gasteiger partial charge in [0.25, 0.3) is 5.91 Å². The number of carboxylic acids is 1. The molecule has 2 aromatic rings. The molecule has 0 aliphatic heterocycles. The first-order chi connectivity index (χ1) is 9.56. The highest BCUT2D eigenvalue weighted by atomic mass is 16.5. The summed E-state index contributed by atoms with van der Waals surface area (Å²) in [4.78, 5) is 22.4.